The second kappa shape index (κ2) is 8.35. The van der Waals surface area contributed by atoms with Gasteiger partial charge in [-0.3, -0.25) is 9.89 Å². The Balaban J connectivity index is 1.38. The van der Waals surface area contributed by atoms with E-state index < -0.39 is 0 Å². The summed E-state index contributed by atoms with van der Waals surface area (Å²) < 4.78 is 0. The van der Waals surface area contributed by atoms with Crippen LogP contribution in [0.25, 0.3) is 11.3 Å². The minimum Gasteiger partial charge on any atom is -0.348 e. The highest BCUT2D eigenvalue weighted by Crippen LogP contribution is 2.17. The summed E-state index contributed by atoms with van der Waals surface area (Å²) in [7, 11) is 0. The van der Waals surface area contributed by atoms with Crippen LogP contribution < -0.4 is 10.6 Å². The van der Waals surface area contributed by atoms with E-state index in [1.807, 2.05) is 55.5 Å². The Morgan fingerprint density at radius 1 is 1.03 bits per heavy atom. The molecule has 0 bridgehead atoms. The third kappa shape index (κ3) is 4.65. The van der Waals surface area contributed by atoms with E-state index in [9.17, 15) is 4.79 Å². The molecule has 0 aliphatic carbocycles. The van der Waals surface area contributed by atoms with Gasteiger partial charge in [-0.15, -0.1) is 0 Å². The molecule has 1 amide bonds. The van der Waals surface area contributed by atoms with Crippen molar-refractivity contribution in [3.05, 3.63) is 89.9 Å². The van der Waals surface area contributed by atoms with Crippen molar-refractivity contribution >= 4 is 17.5 Å². The second-order valence-electron chi connectivity index (χ2n) is 6.58. The fourth-order valence-electron chi connectivity index (χ4n) is 2.88. The van der Waals surface area contributed by atoms with Crippen molar-refractivity contribution in [1.29, 1.82) is 0 Å². The first-order valence-corrected chi connectivity index (χ1v) is 9.21. The van der Waals surface area contributed by atoms with Crippen LogP contribution in [0.4, 0.5) is 11.6 Å². The predicted molar refractivity (Wildman–Crippen MR) is 112 cm³/mol. The number of aromatic amines is 1. The molecule has 7 heteroatoms. The van der Waals surface area contributed by atoms with Gasteiger partial charge in [0.2, 0.25) is 5.95 Å². The number of hydrogen-bond acceptors (Lipinski definition) is 5. The quantitative estimate of drug-likeness (QED) is 0.469. The summed E-state index contributed by atoms with van der Waals surface area (Å²) in [6.45, 7) is 2.35. The highest BCUT2D eigenvalue weighted by molar-refractivity contribution is 5.95. The van der Waals surface area contributed by atoms with Crippen molar-refractivity contribution < 1.29 is 4.79 Å². The van der Waals surface area contributed by atoms with Crippen molar-refractivity contribution in [3.63, 3.8) is 0 Å². The number of nitrogens with one attached hydrogen (secondary N) is 3. The summed E-state index contributed by atoms with van der Waals surface area (Å²) in [5.41, 5.74) is 5.22. The normalized spacial score (nSPS) is 10.5. The zero-order valence-electron chi connectivity index (χ0n) is 15.9. The average molecular weight is 384 g/mol. The number of rotatable bonds is 6. The largest absolute Gasteiger partial charge is 0.348 e. The molecule has 0 unspecified atom stereocenters. The van der Waals surface area contributed by atoms with Crippen molar-refractivity contribution in [3.8, 4) is 11.3 Å². The Morgan fingerprint density at radius 3 is 2.66 bits per heavy atom. The summed E-state index contributed by atoms with van der Waals surface area (Å²) >= 11 is 0. The van der Waals surface area contributed by atoms with Crippen molar-refractivity contribution in [1.82, 2.24) is 25.5 Å². The molecule has 0 radical (unpaired) electrons. The molecule has 29 heavy (non-hydrogen) atoms. The molecule has 2 heterocycles. The van der Waals surface area contributed by atoms with Crippen LogP contribution in [0.3, 0.4) is 0 Å². The molecule has 2 aromatic heterocycles. The number of amides is 1. The Hall–Kier alpha value is -4.00. The van der Waals surface area contributed by atoms with Gasteiger partial charge in [-0.1, -0.05) is 30.3 Å². The number of carbonyl (C=O) groups excluding carboxylic acids is 1. The van der Waals surface area contributed by atoms with Crippen LogP contribution in [-0.2, 0) is 6.54 Å². The molecule has 0 fully saturated rings. The van der Waals surface area contributed by atoms with Gasteiger partial charge in [0.15, 0.2) is 0 Å². The SMILES string of the molecule is Cc1ccnc(Nc2cccc(C(=O)NCc3ccc(-c4ccn[nH]4)cc3)c2)n1. The highest BCUT2D eigenvalue weighted by atomic mass is 16.1. The summed E-state index contributed by atoms with van der Waals surface area (Å²) in [6.07, 6.45) is 3.41. The van der Waals surface area contributed by atoms with Gasteiger partial charge in [0.25, 0.3) is 5.91 Å². The number of aryl methyl sites for hydroxylation is 1. The molecule has 0 aliphatic heterocycles. The molecule has 7 nitrogen and oxygen atoms in total. The second-order valence-corrected chi connectivity index (χ2v) is 6.58. The van der Waals surface area contributed by atoms with Crippen LogP contribution in [0.5, 0.6) is 0 Å². The van der Waals surface area contributed by atoms with E-state index in [0.717, 1.165) is 28.2 Å². The summed E-state index contributed by atoms with van der Waals surface area (Å²) in [4.78, 5) is 21.0. The number of anilines is 2. The Morgan fingerprint density at radius 2 is 1.90 bits per heavy atom. The van der Waals surface area contributed by atoms with Crippen LogP contribution in [0.15, 0.2) is 73.1 Å². The van der Waals surface area contributed by atoms with E-state index >= 15 is 0 Å². The van der Waals surface area contributed by atoms with Crippen LogP contribution in [0.2, 0.25) is 0 Å². The average Bonchev–Trinajstić information content (AvgIpc) is 3.27. The van der Waals surface area contributed by atoms with E-state index in [-0.39, 0.29) is 5.91 Å². The minimum absolute atomic E-state index is 0.142. The third-order valence-corrected chi connectivity index (χ3v) is 4.39. The van der Waals surface area contributed by atoms with Crippen LogP contribution in [0, 0.1) is 6.92 Å². The fourth-order valence-corrected chi connectivity index (χ4v) is 2.88. The van der Waals surface area contributed by atoms with Crippen LogP contribution in [-0.4, -0.2) is 26.1 Å². The van der Waals surface area contributed by atoms with Crippen molar-refractivity contribution in [2.24, 2.45) is 0 Å². The predicted octanol–water partition coefficient (Wildman–Crippen LogP) is 3.85. The highest BCUT2D eigenvalue weighted by Gasteiger charge is 2.07. The zero-order chi connectivity index (χ0) is 20.1. The number of benzene rings is 2. The molecule has 4 rings (SSSR count). The number of H-pyrrole nitrogens is 1. The number of carbonyl (C=O) groups is 1. The lowest BCUT2D eigenvalue weighted by Gasteiger charge is -2.09. The van der Waals surface area contributed by atoms with E-state index in [0.29, 0.717) is 18.1 Å². The van der Waals surface area contributed by atoms with Crippen LogP contribution in [0.1, 0.15) is 21.6 Å². The van der Waals surface area contributed by atoms with Gasteiger partial charge in [0, 0.05) is 35.9 Å². The maximum Gasteiger partial charge on any atom is 0.251 e. The maximum atomic E-state index is 12.5. The number of nitrogens with zero attached hydrogens (tertiary/aromatic N) is 3. The summed E-state index contributed by atoms with van der Waals surface area (Å²) in [6, 6.07) is 19.0. The maximum absolute atomic E-state index is 12.5. The van der Waals surface area contributed by atoms with E-state index in [2.05, 4.69) is 30.8 Å². The lowest BCUT2D eigenvalue weighted by molar-refractivity contribution is 0.0951. The molecule has 144 valence electrons. The Labute approximate surface area is 168 Å². The molecule has 0 saturated carbocycles. The number of aromatic nitrogens is 4. The van der Waals surface area contributed by atoms with Crippen molar-refractivity contribution in [2.75, 3.05) is 5.32 Å². The molecule has 4 aromatic rings. The first-order valence-electron chi connectivity index (χ1n) is 9.21. The van der Waals surface area contributed by atoms with Gasteiger partial charge in [-0.25, -0.2) is 9.97 Å². The van der Waals surface area contributed by atoms with Gasteiger partial charge in [-0.2, -0.15) is 5.10 Å². The molecule has 2 aromatic carbocycles. The molecule has 0 saturated heterocycles. The molecular weight excluding hydrogens is 364 g/mol. The van der Waals surface area contributed by atoms with Crippen LogP contribution >= 0.6 is 0 Å². The molecule has 0 aliphatic rings. The minimum atomic E-state index is -0.142. The lowest BCUT2D eigenvalue weighted by atomic mass is 10.1. The monoisotopic (exact) mass is 384 g/mol. The number of hydrogen-bond donors (Lipinski definition) is 3. The van der Waals surface area contributed by atoms with Crippen molar-refractivity contribution in [2.45, 2.75) is 13.5 Å². The molecular formula is C22H20N6O. The standard InChI is InChI=1S/C22H20N6O/c1-15-9-11-23-22(26-15)27-19-4-2-3-18(13-19)21(29)24-14-16-5-7-17(8-6-16)20-10-12-25-28-20/h2-13H,14H2,1H3,(H,24,29)(H,25,28)(H,23,26,27). The zero-order valence-corrected chi connectivity index (χ0v) is 15.9. The van der Waals surface area contributed by atoms with E-state index in [1.54, 1.807) is 24.5 Å². The Bertz CT molecular complexity index is 1110. The van der Waals surface area contributed by atoms with Gasteiger partial charge < -0.3 is 10.6 Å². The smallest absolute Gasteiger partial charge is 0.251 e. The first-order chi connectivity index (χ1) is 14.2. The van der Waals surface area contributed by atoms with Gasteiger partial charge in [0.1, 0.15) is 0 Å². The first kappa shape index (κ1) is 18.4. The van der Waals surface area contributed by atoms with Gasteiger partial charge in [0.05, 0.1) is 5.69 Å². The summed E-state index contributed by atoms with van der Waals surface area (Å²) in [5, 5.41) is 13.0. The van der Waals surface area contributed by atoms with E-state index in [1.165, 1.54) is 0 Å². The Kier molecular flexibility index (Phi) is 5.29. The molecule has 3 N–H and O–H groups in total. The van der Waals surface area contributed by atoms with Gasteiger partial charge >= 0.3 is 0 Å². The van der Waals surface area contributed by atoms with E-state index in [4.69, 9.17) is 0 Å². The topological polar surface area (TPSA) is 95.6 Å². The van der Waals surface area contributed by atoms with Gasteiger partial charge in [-0.05, 0) is 48.4 Å². The lowest BCUT2D eigenvalue weighted by Crippen LogP contribution is -2.22. The fraction of sp³-hybridized carbons (Fsp3) is 0.0909. The third-order valence-electron chi connectivity index (χ3n) is 4.39. The summed E-state index contributed by atoms with van der Waals surface area (Å²) in [5.74, 6) is 0.358. The molecule has 0 atom stereocenters. The molecule has 0 spiro atoms.